The predicted octanol–water partition coefficient (Wildman–Crippen LogP) is 4.21. The number of thioether (sulfide) groups is 1. The van der Waals surface area contributed by atoms with Crippen molar-refractivity contribution in [3.63, 3.8) is 0 Å². The second-order valence-corrected chi connectivity index (χ2v) is 7.75. The highest BCUT2D eigenvalue weighted by molar-refractivity contribution is 8.00. The van der Waals surface area contributed by atoms with Gasteiger partial charge in [-0.25, -0.2) is 0 Å². The van der Waals surface area contributed by atoms with Gasteiger partial charge < -0.3 is 5.32 Å². The Bertz CT molecular complexity index is 687. The van der Waals surface area contributed by atoms with Gasteiger partial charge in [0.15, 0.2) is 0 Å². The number of nitrogens with one attached hydrogen (secondary N) is 1. The molecule has 3 nitrogen and oxygen atoms in total. The highest BCUT2D eigenvalue weighted by Crippen LogP contribution is 2.26. The van der Waals surface area contributed by atoms with Gasteiger partial charge in [-0.3, -0.25) is 9.69 Å². The molecular formula is C20H23ClN2OS. The topological polar surface area (TPSA) is 32.3 Å². The predicted molar refractivity (Wildman–Crippen MR) is 105 cm³/mol. The Labute approximate surface area is 158 Å². The summed E-state index contributed by atoms with van der Waals surface area (Å²) in [6, 6.07) is 18.5. The zero-order valence-corrected chi connectivity index (χ0v) is 15.7. The Kier molecular flexibility index (Phi) is 6.79. The summed E-state index contributed by atoms with van der Waals surface area (Å²) in [6.07, 6.45) is 2.02. The standard InChI is InChI=1S/C20H23ClN2OS/c21-18-8-4-5-9-19(18)25-15-20(24)22-17-10-12-23(13-11-17)14-16-6-2-1-3-7-16/h1-9,17H,10-15H2,(H,22,24). The van der Waals surface area contributed by atoms with Crippen LogP contribution >= 0.6 is 23.4 Å². The van der Waals surface area contributed by atoms with Gasteiger partial charge in [0, 0.05) is 30.6 Å². The third-order valence-corrected chi connectivity index (χ3v) is 5.91. The first-order chi connectivity index (χ1) is 12.2. The molecule has 1 fully saturated rings. The van der Waals surface area contributed by atoms with Crippen LogP contribution in [-0.2, 0) is 11.3 Å². The van der Waals surface area contributed by atoms with Gasteiger partial charge in [0.1, 0.15) is 0 Å². The molecule has 1 amide bonds. The summed E-state index contributed by atoms with van der Waals surface area (Å²) in [7, 11) is 0. The lowest BCUT2D eigenvalue weighted by Gasteiger charge is -2.32. The Morgan fingerprint density at radius 1 is 1.08 bits per heavy atom. The first-order valence-electron chi connectivity index (χ1n) is 8.63. The van der Waals surface area contributed by atoms with Gasteiger partial charge in [-0.15, -0.1) is 11.8 Å². The van der Waals surface area contributed by atoms with Crippen LogP contribution in [0.15, 0.2) is 59.5 Å². The fourth-order valence-electron chi connectivity index (χ4n) is 3.05. The quantitative estimate of drug-likeness (QED) is 0.768. The van der Waals surface area contributed by atoms with Crippen molar-refractivity contribution in [1.82, 2.24) is 10.2 Å². The van der Waals surface area contributed by atoms with Crippen molar-refractivity contribution >= 4 is 29.3 Å². The van der Waals surface area contributed by atoms with Gasteiger partial charge in [0.05, 0.1) is 10.8 Å². The molecule has 25 heavy (non-hydrogen) atoms. The number of likely N-dealkylation sites (tertiary alicyclic amines) is 1. The Morgan fingerprint density at radius 2 is 1.76 bits per heavy atom. The molecule has 0 saturated carbocycles. The van der Waals surface area contributed by atoms with E-state index >= 15 is 0 Å². The van der Waals surface area contributed by atoms with E-state index in [-0.39, 0.29) is 11.9 Å². The first kappa shape index (κ1) is 18.3. The molecular weight excluding hydrogens is 352 g/mol. The molecule has 0 bridgehead atoms. The smallest absolute Gasteiger partial charge is 0.230 e. The van der Waals surface area contributed by atoms with E-state index in [1.807, 2.05) is 30.3 Å². The fourth-order valence-corrected chi connectivity index (χ4v) is 4.10. The Hall–Kier alpha value is -1.49. The molecule has 0 atom stereocenters. The monoisotopic (exact) mass is 374 g/mol. The molecule has 1 aliphatic heterocycles. The van der Waals surface area contributed by atoms with Crippen molar-refractivity contribution < 1.29 is 4.79 Å². The van der Waals surface area contributed by atoms with E-state index < -0.39 is 0 Å². The normalized spacial score (nSPS) is 15.9. The summed E-state index contributed by atoms with van der Waals surface area (Å²) in [4.78, 5) is 15.6. The van der Waals surface area contributed by atoms with Crippen LogP contribution in [0.1, 0.15) is 18.4 Å². The van der Waals surface area contributed by atoms with Crippen molar-refractivity contribution in [2.75, 3.05) is 18.8 Å². The molecule has 1 heterocycles. The highest BCUT2D eigenvalue weighted by Gasteiger charge is 2.20. The Balaban J connectivity index is 1.38. The lowest BCUT2D eigenvalue weighted by Crippen LogP contribution is -2.44. The van der Waals surface area contributed by atoms with E-state index in [1.54, 1.807) is 0 Å². The van der Waals surface area contributed by atoms with Crippen LogP contribution in [0.4, 0.5) is 0 Å². The van der Waals surface area contributed by atoms with E-state index in [0.717, 1.165) is 37.4 Å². The minimum Gasteiger partial charge on any atom is -0.353 e. The number of halogens is 1. The molecule has 0 aromatic heterocycles. The number of rotatable bonds is 6. The van der Waals surface area contributed by atoms with Crippen molar-refractivity contribution in [2.24, 2.45) is 0 Å². The summed E-state index contributed by atoms with van der Waals surface area (Å²) in [5.74, 6) is 0.500. The molecule has 0 aliphatic carbocycles. The molecule has 2 aromatic rings. The summed E-state index contributed by atoms with van der Waals surface area (Å²) in [6.45, 7) is 3.04. The second-order valence-electron chi connectivity index (χ2n) is 6.32. The number of hydrogen-bond donors (Lipinski definition) is 1. The van der Waals surface area contributed by atoms with Crippen molar-refractivity contribution in [1.29, 1.82) is 0 Å². The third kappa shape index (κ3) is 5.77. The van der Waals surface area contributed by atoms with E-state index in [9.17, 15) is 4.79 Å². The Morgan fingerprint density at radius 3 is 2.48 bits per heavy atom. The SMILES string of the molecule is O=C(CSc1ccccc1Cl)NC1CCN(Cc2ccccc2)CC1. The molecule has 5 heteroatoms. The number of amides is 1. The minimum absolute atomic E-state index is 0.0893. The number of hydrogen-bond acceptors (Lipinski definition) is 3. The van der Waals surface area contributed by atoms with Gasteiger partial charge in [0.2, 0.25) is 5.91 Å². The molecule has 132 valence electrons. The lowest BCUT2D eigenvalue weighted by atomic mass is 10.0. The van der Waals surface area contributed by atoms with Crippen LogP contribution in [0, 0.1) is 0 Å². The number of carbonyl (C=O) groups excluding carboxylic acids is 1. The summed E-state index contributed by atoms with van der Waals surface area (Å²) in [5, 5.41) is 3.87. The van der Waals surface area contributed by atoms with Crippen molar-refractivity contribution in [2.45, 2.75) is 30.3 Å². The summed E-state index contributed by atoms with van der Waals surface area (Å²) in [5.41, 5.74) is 1.35. The van der Waals surface area contributed by atoms with E-state index in [2.05, 4.69) is 34.5 Å². The zero-order valence-electron chi connectivity index (χ0n) is 14.2. The minimum atomic E-state index is 0.0893. The van der Waals surface area contributed by atoms with Crippen molar-refractivity contribution in [3.05, 3.63) is 65.2 Å². The number of carbonyl (C=O) groups is 1. The maximum absolute atomic E-state index is 12.2. The van der Waals surface area contributed by atoms with Crippen LogP contribution in [-0.4, -0.2) is 35.7 Å². The lowest BCUT2D eigenvalue weighted by molar-refractivity contribution is -0.119. The first-order valence-corrected chi connectivity index (χ1v) is 10.00. The molecule has 1 saturated heterocycles. The second kappa shape index (κ2) is 9.27. The van der Waals surface area contributed by atoms with Crippen LogP contribution in [0.5, 0.6) is 0 Å². The van der Waals surface area contributed by atoms with Crippen LogP contribution in [0.3, 0.4) is 0 Å². The number of nitrogens with zero attached hydrogens (tertiary/aromatic N) is 1. The molecule has 0 spiro atoms. The van der Waals surface area contributed by atoms with Crippen LogP contribution in [0.2, 0.25) is 5.02 Å². The van der Waals surface area contributed by atoms with Crippen molar-refractivity contribution in [3.8, 4) is 0 Å². The summed E-state index contributed by atoms with van der Waals surface area (Å²) < 4.78 is 0. The molecule has 0 radical (unpaired) electrons. The van der Waals surface area contributed by atoms with Crippen LogP contribution < -0.4 is 5.32 Å². The average molecular weight is 375 g/mol. The van der Waals surface area contributed by atoms with Gasteiger partial charge >= 0.3 is 0 Å². The summed E-state index contributed by atoms with van der Waals surface area (Å²) >= 11 is 7.62. The van der Waals surface area contributed by atoms with E-state index in [4.69, 9.17) is 11.6 Å². The fraction of sp³-hybridized carbons (Fsp3) is 0.350. The largest absolute Gasteiger partial charge is 0.353 e. The molecule has 3 rings (SSSR count). The highest BCUT2D eigenvalue weighted by atomic mass is 35.5. The number of benzene rings is 2. The van der Waals surface area contributed by atoms with Gasteiger partial charge in [-0.05, 0) is 30.5 Å². The number of piperidine rings is 1. The molecule has 1 aliphatic rings. The molecule has 0 unspecified atom stereocenters. The van der Waals surface area contributed by atoms with Gasteiger partial charge in [-0.2, -0.15) is 0 Å². The zero-order chi connectivity index (χ0) is 17.5. The van der Waals surface area contributed by atoms with E-state index in [1.165, 1.54) is 17.3 Å². The van der Waals surface area contributed by atoms with E-state index in [0.29, 0.717) is 10.8 Å². The molecule has 1 N–H and O–H groups in total. The van der Waals surface area contributed by atoms with Crippen LogP contribution in [0.25, 0.3) is 0 Å². The molecule has 2 aromatic carbocycles. The maximum atomic E-state index is 12.2. The average Bonchev–Trinajstić information content (AvgIpc) is 2.64. The van der Waals surface area contributed by atoms with Gasteiger partial charge in [0.25, 0.3) is 0 Å². The third-order valence-electron chi connectivity index (χ3n) is 4.40. The maximum Gasteiger partial charge on any atom is 0.230 e. The van der Waals surface area contributed by atoms with Gasteiger partial charge in [-0.1, -0.05) is 54.1 Å².